The first kappa shape index (κ1) is 25.5. The van der Waals surface area contributed by atoms with Gasteiger partial charge in [-0.05, 0) is 60.0 Å². The summed E-state index contributed by atoms with van der Waals surface area (Å²) < 4.78 is 16.1. The van der Waals surface area contributed by atoms with Crippen LogP contribution in [0.3, 0.4) is 0 Å². The molecular formula is C26H23ClN4O6. The highest BCUT2D eigenvalue weighted by Crippen LogP contribution is 2.32. The fourth-order valence-corrected chi connectivity index (χ4v) is 3.47. The van der Waals surface area contributed by atoms with Crippen LogP contribution in [0.5, 0.6) is 17.2 Å². The number of fused-ring (bicyclic) bond motifs is 1. The van der Waals surface area contributed by atoms with Gasteiger partial charge in [-0.1, -0.05) is 35.9 Å². The Kier molecular flexibility index (Phi) is 8.22. The Morgan fingerprint density at radius 2 is 1.84 bits per heavy atom. The average Bonchev–Trinajstić information content (AvgIpc) is 3.37. The summed E-state index contributed by atoms with van der Waals surface area (Å²) in [4.78, 5) is 36.3. The van der Waals surface area contributed by atoms with Gasteiger partial charge in [0.05, 0.1) is 6.21 Å². The first-order valence-electron chi connectivity index (χ1n) is 11.2. The van der Waals surface area contributed by atoms with Crippen molar-refractivity contribution in [3.8, 4) is 17.2 Å². The number of hydrogen-bond donors (Lipinski definition) is 3. The molecule has 0 aromatic heterocycles. The minimum absolute atomic E-state index is 0.135. The van der Waals surface area contributed by atoms with Crippen molar-refractivity contribution in [2.24, 2.45) is 5.10 Å². The summed E-state index contributed by atoms with van der Waals surface area (Å²) in [6.07, 6.45) is 1.35. The van der Waals surface area contributed by atoms with Crippen molar-refractivity contribution in [1.29, 1.82) is 0 Å². The van der Waals surface area contributed by atoms with E-state index in [0.717, 1.165) is 11.1 Å². The van der Waals surface area contributed by atoms with E-state index in [9.17, 15) is 14.4 Å². The summed E-state index contributed by atoms with van der Waals surface area (Å²) in [5.74, 6) is -0.459. The first-order valence-corrected chi connectivity index (χ1v) is 11.5. The van der Waals surface area contributed by atoms with E-state index in [4.69, 9.17) is 25.8 Å². The molecule has 0 saturated carbocycles. The maximum atomic E-state index is 12.2. The highest BCUT2D eigenvalue weighted by atomic mass is 35.5. The number of hydrazone groups is 1. The molecule has 10 nitrogen and oxygen atoms in total. The molecule has 0 bridgehead atoms. The third kappa shape index (κ3) is 6.98. The molecule has 1 aliphatic heterocycles. The number of ether oxygens (including phenoxy) is 3. The molecule has 0 saturated heterocycles. The van der Waals surface area contributed by atoms with Crippen LogP contribution in [-0.4, -0.2) is 37.3 Å². The van der Waals surface area contributed by atoms with Crippen molar-refractivity contribution < 1.29 is 28.6 Å². The molecule has 3 amide bonds. The maximum absolute atomic E-state index is 12.2. The lowest BCUT2D eigenvalue weighted by molar-refractivity contribution is -0.139. The molecule has 0 aliphatic carbocycles. The van der Waals surface area contributed by atoms with Gasteiger partial charge in [0.15, 0.2) is 18.1 Å². The normalized spacial score (nSPS) is 11.7. The van der Waals surface area contributed by atoms with Crippen molar-refractivity contribution in [1.82, 2.24) is 10.7 Å². The third-order valence-electron chi connectivity index (χ3n) is 5.25. The van der Waals surface area contributed by atoms with Crippen molar-refractivity contribution in [2.45, 2.75) is 13.5 Å². The van der Waals surface area contributed by atoms with Gasteiger partial charge in [-0.2, -0.15) is 5.10 Å². The number of carbonyl (C=O) groups excluding carboxylic acids is 3. The molecule has 4 rings (SSSR count). The standard InChI is InChI=1S/C26H23ClN4O6/c1-16-20(27)6-3-7-21(16)30-24(32)14-35-19-5-2-4-17(10-19)13-29-31-26(34)25(33)28-12-18-8-9-22-23(11-18)37-15-36-22/h2-11,13H,12,14-15H2,1H3,(H,28,33)(H,30,32)(H,31,34)/b29-13-. The summed E-state index contributed by atoms with van der Waals surface area (Å²) in [6, 6.07) is 17.2. The summed E-state index contributed by atoms with van der Waals surface area (Å²) >= 11 is 6.07. The second-order valence-corrected chi connectivity index (χ2v) is 8.30. The topological polar surface area (TPSA) is 127 Å². The summed E-state index contributed by atoms with van der Waals surface area (Å²) in [7, 11) is 0. The van der Waals surface area contributed by atoms with Crippen molar-refractivity contribution >= 4 is 41.2 Å². The van der Waals surface area contributed by atoms with Crippen molar-refractivity contribution in [3.05, 3.63) is 82.4 Å². The number of anilines is 1. The molecule has 1 aliphatic rings. The van der Waals surface area contributed by atoms with Crippen LogP contribution in [0.2, 0.25) is 5.02 Å². The number of rotatable bonds is 8. The van der Waals surface area contributed by atoms with Crippen LogP contribution in [0.4, 0.5) is 5.69 Å². The van der Waals surface area contributed by atoms with E-state index in [1.54, 1.807) is 60.7 Å². The minimum Gasteiger partial charge on any atom is -0.484 e. The van der Waals surface area contributed by atoms with Crippen molar-refractivity contribution in [2.75, 3.05) is 18.7 Å². The lowest BCUT2D eigenvalue weighted by Crippen LogP contribution is -2.37. The number of benzene rings is 3. The van der Waals surface area contributed by atoms with Crippen LogP contribution in [0.15, 0.2) is 65.8 Å². The predicted molar refractivity (Wildman–Crippen MR) is 137 cm³/mol. The molecule has 0 atom stereocenters. The Morgan fingerprint density at radius 3 is 2.70 bits per heavy atom. The van der Waals surface area contributed by atoms with Crippen LogP contribution in [0.1, 0.15) is 16.7 Å². The van der Waals surface area contributed by atoms with E-state index in [1.165, 1.54) is 6.21 Å². The molecule has 0 spiro atoms. The molecule has 1 heterocycles. The number of nitrogens with zero attached hydrogens (tertiary/aromatic N) is 1. The van der Waals surface area contributed by atoms with Crippen LogP contribution in [0, 0.1) is 6.92 Å². The zero-order valence-electron chi connectivity index (χ0n) is 19.7. The zero-order valence-corrected chi connectivity index (χ0v) is 20.5. The van der Waals surface area contributed by atoms with E-state index in [0.29, 0.717) is 33.5 Å². The molecule has 3 aromatic carbocycles. The molecule has 11 heteroatoms. The van der Waals surface area contributed by atoms with Gasteiger partial charge in [-0.25, -0.2) is 5.43 Å². The lowest BCUT2D eigenvalue weighted by Gasteiger charge is -2.10. The Labute approximate surface area is 217 Å². The van der Waals surface area contributed by atoms with Gasteiger partial charge in [-0.3, -0.25) is 14.4 Å². The molecule has 3 N–H and O–H groups in total. The van der Waals surface area contributed by atoms with E-state index >= 15 is 0 Å². The Bertz CT molecular complexity index is 1360. The largest absolute Gasteiger partial charge is 0.484 e. The van der Waals surface area contributed by atoms with Gasteiger partial charge in [0.1, 0.15) is 5.75 Å². The maximum Gasteiger partial charge on any atom is 0.329 e. The van der Waals surface area contributed by atoms with Gasteiger partial charge in [0.25, 0.3) is 5.91 Å². The summed E-state index contributed by atoms with van der Waals surface area (Å²) in [5.41, 5.74) is 4.89. The summed E-state index contributed by atoms with van der Waals surface area (Å²) in [6.45, 7) is 1.88. The monoisotopic (exact) mass is 522 g/mol. The number of halogens is 1. The van der Waals surface area contributed by atoms with E-state index in [1.807, 2.05) is 6.92 Å². The molecule has 0 radical (unpaired) electrons. The minimum atomic E-state index is -0.919. The summed E-state index contributed by atoms with van der Waals surface area (Å²) in [5, 5.41) is 9.63. The molecule has 37 heavy (non-hydrogen) atoms. The van der Waals surface area contributed by atoms with Gasteiger partial charge in [0, 0.05) is 17.3 Å². The van der Waals surface area contributed by atoms with E-state index in [2.05, 4.69) is 21.2 Å². The van der Waals surface area contributed by atoms with Gasteiger partial charge in [0.2, 0.25) is 6.79 Å². The molecule has 0 unspecified atom stereocenters. The highest BCUT2D eigenvalue weighted by Gasteiger charge is 2.15. The SMILES string of the molecule is Cc1c(Cl)cccc1NC(=O)COc1cccc(/C=N\NC(=O)C(=O)NCc2ccc3c(c2)OCO3)c1. The van der Waals surface area contributed by atoms with Crippen LogP contribution in [-0.2, 0) is 20.9 Å². The Morgan fingerprint density at radius 1 is 1.03 bits per heavy atom. The molecule has 190 valence electrons. The smallest absolute Gasteiger partial charge is 0.329 e. The van der Waals surface area contributed by atoms with E-state index < -0.39 is 11.8 Å². The van der Waals surface area contributed by atoms with Gasteiger partial charge >= 0.3 is 11.8 Å². The van der Waals surface area contributed by atoms with Crippen molar-refractivity contribution in [3.63, 3.8) is 0 Å². The predicted octanol–water partition coefficient (Wildman–Crippen LogP) is 3.16. The first-order chi connectivity index (χ1) is 17.9. The van der Waals surface area contributed by atoms with Crippen LogP contribution < -0.4 is 30.3 Å². The van der Waals surface area contributed by atoms with Gasteiger partial charge < -0.3 is 24.8 Å². The second kappa shape index (κ2) is 11.9. The highest BCUT2D eigenvalue weighted by molar-refractivity contribution is 6.35. The van der Waals surface area contributed by atoms with E-state index in [-0.39, 0.29) is 25.9 Å². The second-order valence-electron chi connectivity index (χ2n) is 7.89. The fourth-order valence-electron chi connectivity index (χ4n) is 3.29. The molecule has 0 fully saturated rings. The molecule has 3 aromatic rings. The quantitative estimate of drug-likeness (QED) is 0.237. The zero-order chi connectivity index (χ0) is 26.2. The Hall–Kier alpha value is -4.57. The third-order valence-corrected chi connectivity index (χ3v) is 5.66. The fraction of sp³-hybridized carbons (Fsp3) is 0.154. The average molecular weight is 523 g/mol. The Balaban J connectivity index is 1.22. The van der Waals surface area contributed by atoms with Crippen LogP contribution >= 0.6 is 11.6 Å². The van der Waals surface area contributed by atoms with Gasteiger partial charge in [-0.15, -0.1) is 0 Å². The number of amides is 3. The number of carbonyl (C=O) groups is 3. The van der Waals surface area contributed by atoms with Crippen LogP contribution in [0.25, 0.3) is 0 Å². The molecular weight excluding hydrogens is 500 g/mol. The lowest BCUT2D eigenvalue weighted by atomic mass is 10.2. The number of hydrogen-bond acceptors (Lipinski definition) is 7. The number of nitrogens with one attached hydrogen (secondary N) is 3.